The molecule has 2 N–H and O–H groups in total. The first kappa shape index (κ1) is 23.7. The maximum Gasteiger partial charge on any atom is 0.433 e. The Hall–Kier alpha value is -3.42. The van der Waals surface area contributed by atoms with Gasteiger partial charge in [-0.25, -0.2) is 9.97 Å². The molecule has 176 valence electrons. The van der Waals surface area contributed by atoms with Crippen LogP contribution in [0.5, 0.6) is 0 Å². The van der Waals surface area contributed by atoms with Gasteiger partial charge in [-0.1, -0.05) is 17.7 Å². The van der Waals surface area contributed by atoms with Gasteiger partial charge in [-0.05, 0) is 36.2 Å². The molecule has 2 aromatic heterocycles. The van der Waals surface area contributed by atoms with E-state index in [1.165, 1.54) is 12.4 Å². The molecule has 0 bridgehead atoms. The Bertz CT molecular complexity index is 1210. The van der Waals surface area contributed by atoms with Crippen LogP contribution in [-0.4, -0.2) is 33.1 Å². The quantitative estimate of drug-likeness (QED) is 0.526. The van der Waals surface area contributed by atoms with Crippen LogP contribution in [0.2, 0.25) is 5.02 Å². The van der Waals surface area contributed by atoms with E-state index in [2.05, 4.69) is 31.2 Å². The van der Waals surface area contributed by atoms with E-state index in [0.717, 1.165) is 29.2 Å². The number of benzene rings is 1. The molecule has 0 aliphatic carbocycles. The van der Waals surface area contributed by atoms with Gasteiger partial charge in [0.2, 0.25) is 0 Å². The zero-order valence-electron chi connectivity index (χ0n) is 17.8. The van der Waals surface area contributed by atoms with Crippen LogP contribution in [0, 0.1) is 11.3 Å². The number of alkyl halides is 3. The zero-order valence-corrected chi connectivity index (χ0v) is 18.6. The Balaban J connectivity index is 1.43. The van der Waals surface area contributed by atoms with Crippen LogP contribution in [0.4, 0.5) is 24.7 Å². The molecule has 0 amide bonds. The van der Waals surface area contributed by atoms with Crippen molar-refractivity contribution in [3.63, 3.8) is 0 Å². The minimum atomic E-state index is -4.52. The molecule has 1 aromatic carbocycles. The van der Waals surface area contributed by atoms with Gasteiger partial charge in [-0.2, -0.15) is 18.4 Å². The summed E-state index contributed by atoms with van der Waals surface area (Å²) in [6.07, 6.45) is -2.09. The highest BCUT2D eigenvalue weighted by Crippen LogP contribution is 2.31. The van der Waals surface area contributed by atoms with Gasteiger partial charge < -0.3 is 15.3 Å². The summed E-state index contributed by atoms with van der Waals surface area (Å²) in [5.74, 6) is 0.611. The van der Waals surface area contributed by atoms with Crippen LogP contribution in [0.15, 0.2) is 42.9 Å². The Morgan fingerprint density at radius 3 is 2.74 bits per heavy atom. The van der Waals surface area contributed by atoms with Crippen molar-refractivity contribution in [1.82, 2.24) is 15.0 Å². The molecule has 0 fully saturated rings. The molecule has 0 saturated heterocycles. The third-order valence-corrected chi connectivity index (χ3v) is 5.83. The minimum absolute atomic E-state index is 0.241. The van der Waals surface area contributed by atoms with Crippen LogP contribution in [0.25, 0.3) is 0 Å². The molecule has 0 spiro atoms. The first-order valence-corrected chi connectivity index (χ1v) is 10.9. The van der Waals surface area contributed by atoms with E-state index < -0.39 is 18.0 Å². The molecule has 1 aliphatic rings. The van der Waals surface area contributed by atoms with Crippen molar-refractivity contribution in [2.24, 2.45) is 0 Å². The lowest BCUT2D eigenvalue weighted by Crippen LogP contribution is -2.32. The number of nitrogens with zero attached hydrogens (tertiary/aromatic N) is 5. The second kappa shape index (κ2) is 9.83. The largest absolute Gasteiger partial charge is 0.433 e. The highest BCUT2D eigenvalue weighted by atomic mass is 35.5. The monoisotopic (exact) mass is 488 g/mol. The zero-order chi connectivity index (χ0) is 24.3. The van der Waals surface area contributed by atoms with Crippen LogP contribution in [0.3, 0.4) is 0 Å². The maximum absolute atomic E-state index is 12.7. The Morgan fingerprint density at radius 1 is 1.21 bits per heavy atom. The molecular weight excluding hydrogens is 469 g/mol. The van der Waals surface area contributed by atoms with Crippen molar-refractivity contribution in [3.05, 3.63) is 76.0 Å². The lowest BCUT2D eigenvalue weighted by molar-refractivity contribution is -0.141. The van der Waals surface area contributed by atoms with Gasteiger partial charge in [0.1, 0.15) is 23.9 Å². The number of anilines is 2. The summed E-state index contributed by atoms with van der Waals surface area (Å²) in [6.45, 7) is 1.50. The van der Waals surface area contributed by atoms with Crippen molar-refractivity contribution in [1.29, 1.82) is 5.26 Å². The average Bonchev–Trinajstić information content (AvgIpc) is 2.83. The summed E-state index contributed by atoms with van der Waals surface area (Å²) in [5.41, 5.74) is 2.34. The van der Waals surface area contributed by atoms with Gasteiger partial charge in [0.15, 0.2) is 0 Å². The number of pyridine rings is 1. The van der Waals surface area contributed by atoms with Crippen molar-refractivity contribution < 1.29 is 18.3 Å². The number of rotatable bonds is 6. The number of aromatic nitrogens is 3. The first-order valence-electron chi connectivity index (χ1n) is 10.5. The SMILES string of the molecule is N#Cc1cc(Cl)ccc1N1CCc2ncnc(NCC[C@@H](O)c3ccc(C(F)(F)F)nc3)c2C1. The average molecular weight is 489 g/mol. The number of hydrogen-bond donors (Lipinski definition) is 2. The lowest BCUT2D eigenvalue weighted by atomic mass is 10.0. The molecule has 0 radical (unpaired) electrons. The first-order chi connectivity index (χ1) is 16.3. The van der Waals surface area contributed by atoms with Gasteiger partial charge in [-0.15, -0.1) is 0 Å². The van der Waals surface area contributed by atoms with Crippen molar-refractivity contribution in [2.45, 2.75) is 31.7 Å². The Morgan fingerprint density at radius 2 is 2.03 bits per heavy atom. The number of fused-ring (bicyclic) bond motifs is 1. The summed E-state index contributed by atoms with van der Waals surface area (Å²) in [5, 5.41) is 23.5. The van der Waals surface area contributed by atoms with E-state index in [0.29, 0.717) is 48.0 Å². The number of aliphatic hydroxyl groups is 1. The number of nitrogens with one attached hydrogen (secondary N) is 1. The van der Waals surface area contributed by atoms with Crippen LogP contribution >= 0.6 is 11.6 Å². The Kier molecular flexibility index (Phi) is 6.86. The highest BCUT2D eigenvalue weighted by Gasteiger charge is 2.32. The van der Waals surface area contributed by atoms with E-state index in [1.54, 1.807) is 12.1 Å². The lowest BCUT2D eigenvalue weighted by Gasteiger charge is -2.31. The van der Waals surface area contributed by atoms with Gasteiger partial charge in [0.25, 0.3) is 0 Å². The number of halogens is 4. The van der Waals surface area contributed by atoms with Crippen LogP contribution < -0.4 is 10.2 Å². The van der Waals surface area contributed by atoms with Crippen molar-refractivity contribution in [2.75, 3.05) is 23.3 Å². The molecule has 1 aliphatic heterocycles. The topological polar surface area (TPSA) is 98.0 Å². The number of aliphatic hydroxyl groups excluding tert-OH is 1. The highest BCUT2D eigenvalue weighted by molar-refractivity contribution is 6.30. The number of nitriles is 1. The predicted molar refractivity (Wildman–Crippen MR) is 120 cm³/mol. The molecule has 11 heteroatoms. The summed E-state index contributed by atoms with van der Waals surface area (Å²) in [6, 6.07) is 9.45. The molecular formula is C23H20ClF3N6O. The predicted octanol–water partition coefficient (Wildman–Crippen LogP) is 4.51. The molecule has 34 heavy (non-hydrogen) atoms. The standard InChI is InChI=1S/C23H20ClF3N6O/c24-16-2-3-19(15(9-16)10-28)33-8-6-18-17(12-33)22(32-13-31-18)29-7-5-20(34)14-1-4-21(30-11-14)23(25,26)27/h1-4,9,11,13,20,34H,5-8,12H2,(H,29,31,32)/t20-/m1/s1. The number of hydrogen-bond acceptors (Lipinski definition) is 7. The minimum Gasteiger partial charge on any atom is -0.388 e. The summed E-state index contributed by atoms with van der Waals surface area (Å²) < 4.78 is 38.0. The fourth-order valence-electron chi connectivity index (χ4n) is 3.84. The third kappa shape index (κ3) is 5.21. The van der Waals surface area contributed by atoms with E-state index in [1.807, 2.05) is 6.07 Å². The normalized spacial score (nSPS) is 14.3. The fraction of sp³-hybridized carbons (Fsp3) is 0.304. The third-order valence-electron chi connectivity index (χ3n) is 5.59. The molecule has 0 saturated carbocycles. The summed E-state index contributed by atoms with van der Waals surface area (Å²) in [7, 11) is 0. The molecule has 4 rings (SSSR count). The summed E-state index contributed by atoms with van der Waals surface area (Å²) >= 11 is 6.02. The maximum atomic E-state index is 12.7. The molecule has 1 atom stereocenters. The molecule has 3 heterocycles. The van der Waals surface area contributed by atoms with E-state index in [-0.39, 0.29) is 6.42 Å². The van der Waals surface area contributed by atoms with Crippen molar-refractivity contribution >= 4 is 23.1 Å². The van der Waals surface area contributed by atoms with Gasteiger partial charge >= 0.3 is 6.18 Å². The Labute approximate surface area is 198 Å². The fourth-order valence-corrected chi connectivity index (χ4v) is 4.01. The van der Waals surface area contributed by atoms with Crippen LogP contribution in [-0.2, 0) is 19.1 Å². The van der Waals surface area contributed by atoms with E-state index >= 15 is 0 Å². The van der Waals surface area contributed by atoms with Gasteiger partial charge in [0.05, 0.1) is 23.0 Å². The molecule has 7 nitrogen and oxygen atoms in total. The van der Waals surface area contributed by atoms with Crippen LogP contribution in [0.1, 0.15) is 40.6 Å². The van der Waals surface area contributed by atoms with E-state index in [9.17, 15) is 23.5 Å². The second-order valence-electron chi connectivity index (χ2n) is 7.80. The second-order valence-corrected chi connectivity index (χ2v) is 8.23. The van der Waals surface area contributed by atoms with Gasteiger partial charge in [0, 0.05) is 42.8 Å². The van der Waals surface area contributed by atoms with Crippen molar-refractivity contribution in [3.8, 4) is 6.07 Å². The molecule has 0 unspecified atom stereocenters. The van der Waals surface area contributed by atoms with E-state index in [4.69, 9.17) is 11.6 Å². The van der Waals surface area contributed by atoms with Gasteiger partial charge in [-0.3, -0.25) is 4.98 Å². The molecule has 3 aromatic rings. The smallest absolute Gasteiger partial charge is 0.388 e. The summed E-state index contributed by atoms with van der Waals surface area (Å²) in [4.78, 5) is 14.2.